The van der Waals surface area contributed by atoms with Gasteiger partial charge in [-0.25, -0.2) is 0 Å². The molecule has 0 heterocycles. The van der Waals surface area contributed by atoms with Crippen molar-refractivity contribution in [3.8, 4) is 17.6 Å². The SMILES string of the molecule is Cc1cccc(Oc2ccc(C#N)cc2Br)c1C. The van der Waals surface area contributed by atoms with Crippen LogP contribution in [0.1, 0.15) is 16.7 Å². The fraction of sp³-hybridized carbons (Fsp3) is 0.133. The minimum Gasteiger partial charge on any atom is -0.456 e. The quantitative estimate of drug-likeness (QED) is 0.803. The Hall–Kier alpha value is -1.79. The topological polar surface area (TPSA) is 33.0 Å². The van der Waals surface area contributed by atoms with E-state index in [-0.39, 0.29) is 0 Å². The molecule has 0 aliphatic carbocycles. The summed E-state index contributed by atoms with van der Waals surface area (Å²) in [6.07, 6.45) is 0. The fourth-order valence-electron chi connectivity index (χ4n) is 1.61. The number of benzene rings is 2. The zero-order chi connectivity index (χ0) is 13.1. The Bertz CT molecular complexity index is 629. The normalized spacial score (nSPS) is 9.89. The molecule has 2 nitrogen and oxygen atoms in total. The van der Waals surface area contributed by atoms with Crippen molar-refractivity contribution in [2.45, 2.75) is 13.8 Å². The number of nitrogens with zero attached hydrogens (tertiary/aromatic N) is 1. The second-order valence-corrected chi connectivity index (χ2v) is 4.91. The Morgan fingerprint density at radius 1 is 1.11 bits per heavy atom. The molecule has 0 radical (unpaired) electrons. The third-order valence-corrected chi connectivity index (χ3v) is 3.46. The average Bonchev–Trinajstić information content (AvgIpc) is 2.37. The van der Waals surface area contributed by atoms with Crippen LogP contribution in [0.25, 0.3) is 0 Å². The lowest BCUT2D eigenvalue weighted by Crippen LogP contribution is -1.91. The van der Waals surface area contributed by atoms with Crippen molar-refractivity contribution in [2.75, 3.05) is 0 Å². The molecule has 2 aromatic rings. The van der Waals surface area contributed by atoms with Gasteiger partial charge in [0.25, 0.3) is 0 Å². The number of halogens is 1. The molecule has 3 heteroatoms. The molecule has 0 aliphatic heterocycles. The second-order valence-electron chi connectivity index (χ2n) is 4.06. The molecule has 0 saturated carbocycles. The van der Waals surface area contributed by atoms with Crippen LogP contribution < -0.4 is 4.74 Å². The first-order valence-corrected chi connectivity index (χ1v) is 6.35. The first-order valence-electron chi connectivity index (χ1n) is 5.55. The van der Waals surface area contributed by atoms with Crippen LogP contribution >= 0.6 is 15.9 Å². The van der Waals surface area contributed by atoms with Crippen LogP contribution in [0.2, 0.25) is 0 Å². The molecule has 0 N–H and O–H groups in total. The Kier molecular flexibility index (Phi) is 3.69. The van der Waals surface area contributed by atoms with Gasteiger partial charge in [-0.3, -0.25) is 0 Å². The highest BCUT2D eigenvalue weighted by atomic mass is 79.9. The first-order chi connectivity index (χ1) is 8.61. The molecule has 0 fully saturated rings. The Labute approximate surface area is 115 Å². The van der Waals surface area contributed by atoms with Gasteiger partial charge >= 0.3 is 0 Å². The van der Waals surface area contributed by atoms with Gasteiger partial charge in [0.05, 0.1) is 16.1 Å². The number of aryl methyl sites for hydroxylation is 1. The predicted molar refractivity (Wildman–Crippen MR) is 74.8 cm³/mol. The molecular weight excluding hydrogens is 290 g/mol. The minimum absolute atomic E-state index is 0.607. The summed E-state index contributed by atoms with van der Waals surface area (Å²) in [6.45, 7) is 4.08. The highest BCUT2D eigenvalue weighted by Crippen LogP contribution is 2.32. The van der Waals surface area contributed by atoms with E-state index in [0.29, 0.717) is 11.3 Å². The maximum atomic E-state index is 8.81. The smallest absolute Gasteiger partial charge is 0.141 e. The van der Waals surface area contributed by atoms with Crippen LogP contribution in [0.4, 0.5) is 0 Å². The molecule has 0 amide bonds. The van der Waals surface area contributed by atoms with Crippen LogP contribution in [0.3, 0.4) is 0 Å². The summed E-state index contributed by atoms with van der Waals surface area (Å²) in [7, 11) is 0. The molecule has 0 saturated heterocycles. The molecule has 2 rings (SSSR count). The summed E-state index contributed by atoms with van der Waals surface area (Å²) >= 11 is 3.41. The lowest BCUT2D eigenvalue weighted by Gasteiger charge is -2.11. The van der Waals surface area contributed by atoms with E-state index in [0.717, 1.165) is 15.8 Å². The van der Waals surface area contributed by atoms with E-state index in [4.69, 9.17) is 10.00 Å². The Balaban J connectivity index is 2.35. The van der Waals surface area contributed by atoms with E-state index >= 15 is 0 Å². The van der Waals surface area contributed by atoms with Gasteiger partial charge in [0.2, 0.25) is 0 Å². The summed E-state index contributed by atoms with van der Waals surface area (Å²) in [4.78, 5) is 0. The lowest BCUT2D eigenvalue weighted by atomic mass is 10.1. The van der Waals surface area contributed by atoms with Crippen LogP contribution in [0.15, 0.2) is 40.9 Å². The minimum atomic E-state index is 0.607. The van der Waals surface area contributed by atoms with Crippen molar-refractivity contribution in [2.24, 2.45) is 0 Å². The summed E-state index contributed by atoms with van der Waals surface area (Å²) in [5.41, 5.74) is 2.92. The van der Waals surface area contributed by atoms with E-state index in [9.17, 15) is 0 Å². The van der Waals surface area contributed by atoms with E-state index in [1.807, 2.05) is 19.1 Å². The van der Waals surface area contributed by atoms with Crippen molar-refractivity contribution < 1.29 is 4.74 Å². The molecule has 90 valence electrons. The monoisotopic (exact) mass is 301 g/mol. The number of nitriles is 1. The first kappa shape index (κ1) is 12.7. The van der Waals surface area contributed by atoms with E-state index < -0.39 is 0 Å². The van der Waals surface area contributed by atoms with Gasteiger partial charge in [0.15, 0.2) is 0 Å². The van der Waals surface area contributed by atoms with Crippen LogP contribution in [-0.4, -0.2) is 0 Å². The number of rotatable bonds is 2. The van der Waals surface area contributed by atoms with Gasteiger partial charge in [-0.05, 0) is 65.2 Å². The molecule has 0 bridgehead atoms. The maximum Gasteiger partial charge on any atom is 0.141 e. The highest BCUT2D eigenvalue weighted by molar-refractivity contribution is 9.10. The van der Waals surface area contributed by atoms with E-state index in [1.165, 1.54) is 5.56 Å². The van der Waals surface area contributed by atoms with Gasteiger partial charge in [0, 0.05) is 0 Å². The highest BCUT2D eigenvalue weighted by Gasteiger charge is 2.07. The standard InChI is InChI=1S/C15H12BrNO/c1-10-4-3-5-14(11(10)2)18-15-7-6-12(9-17)8-13(15)16/h3-8H,1-2H3. The third-order valence-electron chi connectivity index (χ3n) is 2.84. The lowest BCUT2D eigenvalue weighted by molar-refractivity contribution is 0.475. The largest absolute Gasteiger partial charge is 0.456 e. The zero-order valence-corrected chi connectivity index (χ0v) is 11.8. The summed E-state index contributed by atoms with van der Waals surface area (Å²) in [5, 5.41) is 8.81. The second kappa shape index (κ2) is 5.24. The van der Waals surface area contributed by atoms with Crippen molar-refractivity contribution in [1.82, 2.24) is 0 Å². The number of ether oxygens (including phenoxy) is 1. The number of hydrogen-bond donors (Lipinski definition) is 0. The van der Waals surface area contributed by atoms with Crippen LogP contribution in [0.5, 0.6) is 11.5 Å². The summed E-state index contributed by atoms with van der Waals surface area (Å²) in [5.74, 6) is 1.54. The molecule has 0 unspecified atom stereocenters. The van der Waals surface area contributed by atoms with Crippen molar-refractivity contribution >= 4 is 15.9 Å². The molecular formula is C15H12BrNO. The molecule has 0 aromatic heterocycles. The summed E-state index contributed by atoms with van der Waals surface area (Å²) < 4.78 is 6.64. The predicted octanol–water partition coefficient (Wildman–Crippen LogP) is 4.73. The molecule has 0 spiro atoms. The van der Waals surface area contributed by atoms with Crippen molar-refractivity contribution in [3.63, 3.8) is 0 Å². The van der Waals surface area contributed by atoms with Crippen LogP contribution in [-0.2, 0) is 0 Å². The molecule has 2 aromatic carbocycles. The Morgan fingerprint density at radius 3 is 2.56 bits per heavy atom. The van der Waals surface area contributed by atoms with Crippen LogP contribution in [0, 0.1) is 25.2 Å². The number of hydrogen-bond acceptors (Lipinski definition) is 2. The van der Waals surface area contributed by atoms with E-state index in [1.54, 1.807) is 18.2 Å². The molecule has 0 atom stereocenters. The zero-order valence-electron chi connectivity index (χ0n) is 10.2. The molecule has 0 aliphatic rings. The summed E-state index contributed by atoms with van der Waals surface area (Å²) in [6, 6.07) is 13.3. The van der Waals surface area contributed by atoms with Crippen molar-refractivity contribution in [3.05, 3.63) is 57.6 Å². The van der Waals surface area contributed by atoms with E-state index in [2.05, 4.69) is 35.0 Å². The molecule has 18 heavy (non-hydrogen) atoms. The van der Waals surface area contributed by atoms with Gasteiger partial charge in [-0.15, -0.1) is 0 Å². The van der Waals surface area contributed by atoms with Gasteiger partial charge in [-0.1, -0.05) is 12.1 Å². The van der Waals surface area contributed by atoms with Gasteiger partial charge in [0.1, 0.15) is 11.5 Å². The van der Waals surface area contributed by atoms with Crippen molar-refractivity contribution in [1.29, 1.82) is 5.26 Å². The van der Waals surface area contributed by atoms with Gasteiger partial charge < -0.3 is 4.74 Å². The average molecular weight is 302 g/mol. The fourth-order valence-corrected chi connectivity index (χ4v) is 2.07. The maximum absolute atomic E-state index is 8.81. The van der Waals surface area contributed by atoms with Gasteiger partial charge in [-0.2, -0.15) is 5.26 Å². The Morgan fingerprint density at radius 2 is 1.89 bits per heavy atom. The third kappa shape index (κ3) is 2.55.